The van der Waals surface area contributed by atoms with Crippen molar-refractivity contribution >= 4 is 33.0 Å². The van der Waals surface area contributed by atoms with Gasteiger partial charge in [-0.15, -0.1) is 11.3 Å². The standard InChI is InChI=1S/C18H23N3O3S2/c1-3-19-18(22)16-13-17(14(2)25-16)26(23,24)21-11-9-20(10-12-21)15-7-5-4-6-8-15/h4-8,13H,3,9-12H2,1-2H3,(H,19,22). The first kappa shape index (κ1) is 18.9. The second-order valence-electron chi connectivity index (χ2n) is 6.12. The van der Waals surface area contributed by atoms with Gasteiger partial charge in [0.1, 0.15) is 0 Å². The number of carbonyl (C=O) groups is 1. The number of hydrogen-bond donors (Lipinski definition) is 1. The number of thiophene rings is 1. The molecule has 8 heteroatoms. The van der Waals surface area contributed by atoms with E-state index in [2.05, 4.69) is 10.2 Å². The van der Waals surface area contributed by atoms with Crippen LogP contribution in [0.1, 0.15) is 21.5 Å². The average molecular weight is 394 g/mol. The van der Waals surface area contributed by atoms with Crippen LogP contribution in [0.15, 0.2) is 41.3 Å². The Morgan fingerprint density at radius 2 is 1.81 bits per heavy atom. The van der Waals surface area contributed by atoms with Gasteiger partial charge in [0.2, 0.25) is 10.0 Å². The van der Waals surface area contributed by atoms with Gasteiger partial charge in [-0.25, -0.2) is 8.42 Å². The van der Waals surface area contributed by atoms with Crippen molar-refractivity contribution in [2.75, 3.05) is 37.6 Å². The highest BCUT2D eigenvalue weighted by molar-refractivity contribution is 7.89. The summed E-state index contributed by atoms with van der Waals surface area (Å²) in [5.74, 6) is -0.226. The Balaban J connectivity index is 1.74. The number of aryl methyl sites for hydroxylation is 1. The second-order valence-corrected chi connectivity index (χ2v) is 9.28. The van der Waals surface area contributed by atoms with Crippen LogP contribution in [0.4, 0.5) is 5.69 Å². The molecule has 2 heterocycles. The molecule has 0 saturated carbocycles. The Morgan fingerprint density at radius 1 is 1.15 bits per heavy atom. The van der Waals surface area contributed by atoms with Crippen LogP contribution in [0.3, 0.4) is 0 Å². The highest BCUT2D eigenvalue weighted by Crippen LogP contribution is 2.29. The molecule has 2 aromatic rings. The number of anilines is 1. The SMILES string of the molecule is CCNC(=O)c1cc(S(=O)(=O)N2CCN(c3ccccc3)CC2)c(C)s1. The molecule has 3 rings (SSSR count). The highest BCUT2D eigenvalue weighted by atomic mass is 32.2. The predicted octanol–water partition coefficient (Wildman–Crippen LogP) is 2.32. The van der Waals surface area contributed by atoms with Gasteiger partial charge in [-0.1, -0.05) is 18.2 Å². The van der Waals surface area contributed by atoms with Crippen LogP contribution in [-0.2, 0) is 10.0 Å². The van der Waals surface area contributed by atoms with E-state index in [9.17, 15) is 13.2 Å². The Labute approximate surface area is 158 Å². The van der Waals surface area contributed by atoms with Gasteiger partial charge in [-0.05, 0) is 32.0 Å². The van der Waals surface area contributed by atoms with Gasteiger partial charge in [0.25, 0.3) is 5.91 Å². The molecule has 0 aliphatic carbocycles. The molecule has 26 heavy (non-hydrogen) atoms. The van der Waals surface area contributed by atoms with E-state index in [0.717, 1.165) is 5.69 Å². The Bertz CT molecular complexity index is 870. The maximum absolute atomic E-state index is 13.0. The minimum absolute atomic E-state index is 0.226. The number of nitrogens with zero attached hydrogens (tertiary/aromatic N) is 2. The van der Waals surface area contributed by atoms with E-state index in [1.54, 1.807) is 6.92 Å². The van der Waals surface area contributed by atoms with Crippen LogP contribution < -0.4 is 10.2 Å². The van der Waals surface area contributed by atoms with Crippen molar-refractivity contribution in [3.8, 4) is 0 Å². The lowest BCUT2D eigenvalue weighted by Crippen LogP contribution is -2.48. The molecule has 1 saturated heterocycles. The molecule has 1 N–H and O–H groups in total. The van der Waals surface area contributed by atoms with Crippen molar-refractivity contribution < 1.29 is 13.2 Å². The van der Waals surface area contributed by atoms with E-state index in [1.807, 2.05) is 37.3 Å². The summed E-state index contributed by atoms with van der Waals surface area (Å²) < 4.78 is 27.6. The van der Waals surface area contributed by atoms with Crippen molar-refractivity contribution in [2.24, 2.45) is 0 Å². The molecule has 1 fully saturated rings. The third-order valence-electron chi connectivity index (χ3n) is 4.41. The molecule has 1 aromatic heterocycles. The fraction of sp³-hybridized carbons (Fsp3) is 0.389. The smallest absolute Gasteiger partial charge is 0.261 e. The van der Waals surface area contributed by atoms with E-state index in [-0.39, 0.29) is 10.8 Å². The van der Waals surface area contributed by atoms with Gasteiger partial charge < -0.3 is 10.2 Å². The predicted molar refractivity (Wildman–Crippen MR) is 104 cm³/mol. The Hall–Kier alpha value is -1.90. The quantitative estimate of drug-likeness (QED) is 0.846. The molecule has 0 atom stereocenters. The number of nitrogens with one attached hydrogen (secondary N) is 1. The number of rotatable bonds is 5. The fourth-order valence-electron chi connectivity index (χ4n) is 3.05. The van der Waals surface area contributed by atoms with E-state index in [0.29, 0.717) is 42.5 Å². The van der Waals surface area contributed by atoms with Crippen LogP contribution in [0.5, 0.6) is 0 Å². The van der Waals surface area contributed by atoms with Crippen molar-refractivity contribution in [2.45, 2.75) is 18.7 Å². The zero-order chi connectivity index (χ0) is 18.7. The summed E-state index contributed by atoms with van der Waals surface area (Å²) in [4.78, 5) is 15.5. The lowest BCUT2D eigenvalue weighted by atomic mass is 10.2. The van der Waals surface area contributed by atoms with Crippen molar-refractivity contribution in [3.05, 3.63) is 46.2 Å². The van der Waals surface area contributed by atoms with Crippen molar-refractivity contribution in [1.82, 2.24) is 9.62 Å². The van der Waals surface area contributed by atoms with Crippen LogP contribution >= 0.6 is 11.3 Å². The topological polar surface area (TPSA) is 69.7 Å². The number of amides is 1. The minimum atomic E-state index is -3.59. The van der Waals surface area contributed by atoms with Gasteiger partial charge >= 0.3 is 0 Å². The number of para-hydroxylation sites is 1. The molecule has 0 bridgehead atoms. The first-order valence-electron chi connectivity index (χ1n) is 8.62. The summed E-state index contributed by atoms with van der Waals surface area (Å²) in [6.45, 7) is 6.26. The number of carbonyl (C=O) groups excluding carboxylic acids is 1. The van der Waals surface area contributed by atoms with Crippen molar-refractivity contribution in [3.63, 3.8) is 0 Å². The van der Waals surface area contributed by atoms with E-state index in [4.69, 9.17) is 0 Å². The summed E-state index contributed by atoms with van der Waals surface area (Å²) in [5.41, 5.74) is 1.11. The van der Waals surface area contributed by atoms with Crippen LogP contribution in [0.25, 0.3) is 0 Å². The monoisotopic (exact) mass is 393 g/mol. The molecule has 0 unspecified atom stereocenters. The Morgan fingerprint density at radius 3 is 2.42 bits per heavy atom. The number of benzene rings is 1. The lowest BCUT2D eigenvalue weighted by Gasteiger charge is -2.35. The second kappa shape index (κ2) is 7.77. The third kappa shape index (κ3) is 3.77. The van der Waals surface area contributed by atoms with Gasteiger partial charge in [-0.3, -0.25) is 4.79 Å². The van der Waals surface area contributed by atoms with Crippen molar-refractivity contribution in [1.29, 1.82) is 0 Å². The molecule has 1 amide bonds. The molecule has 1 aliphatic rings. The molecular formula is C18H23N3O3S2. The summed E-state index contributed by atoms with van der Waals surface area (Å²) in [5, 5.41) is 2.71. The normalized spacial score (nSPS) is 15.8. The average Bonchev–Trinajstić information content (AvgIpc) is 3.05. The van der Waals surface area contributed by atoms with Crippen LogP contribution in [0.2, 0.25) is 0 Å². The number of hydrogen-bond acceptors (Lipinski definition) is 5. The maximum Gasteiger partial charge on any atom is 0.261 e. The Kier molecular flexibility index (Phi) is 5.64. The van der Waals surface area contributed by atoms with E-state index >= 15 is 0 Å². The largest absolute Gasteiger partial charge is 0.369 e. The fourth-order valence-corrected chi connectivity index (χ4v) is 5.94. The highest BCUT2D eigenvalue weighted by Gasteiger charge is 2.31. The summed E-state index contributed by atoms with van der Waals surface area (Å²) in [7, 11) is -3.59. The number of sulfonamides is 1. The minimum Gasteiger partial charge on any atom is -0.369 e. The first-order chi connectivity index (χ1) is 12.4. The third-order valence-corrected chi connectivity index (χ3v) is 7.61. The van der Waals surface area contributed by atoms with Gasteiger partial charge in [0, 0.05) is 43.3 Å². The van der Waals surface area contributed by atoms with E-state index < -0.39 is 10.0 Å². The molecular weight excluding hydrogens is 370 g/mol. The molecule has 1 aliphatic heterocycles. The number of piperazine rings is 1. The molecule has 140 valence electrons. The maximum atomic E-state index is 13.0. The van der Waals surface area contributed by atoms with Gasteiger partial charge in [0.15, 0.2) is 0 Å². The lowest BCUT2D eigenvalue weighted by molar-refractivity contribution is 0.0959. The van der Waals surface area contributed by atoms with E-state index in [1.165, 1.54) is 21.7 Å². The molecule has 0 radical (unpaired) electrons. The van der Waals surface area contributed by atoms with Gasteiger partial charge in [-0.2, -0.15) is 4.31 Å². The zero-order valence-corrected chi connectivity index (χ0v) is 16.6. The first-order valence-corrected chi connectivity index (χ1v) is 10.9. The van der Waals surface area contributed by atoms with Crippen LogP contribution in [-0.4, -0.2) is 51.4 Å². The van der Waals surface area contributed by atoms with Crippen LogP contribution in [0, 0.1) is 6.92 Å². The summed E-state index contributed by atoms with van der Waals surface area (Å²) >= 11 is 1.22. The molecule has 1 aromatic carbocycles. The molecule has 0 spiro atoms. The summed E-state index contributed by atoms with van der Waals surface area (Å²) in [6.07, 6.45) is 0. The molecule has 6 nitrogen and oxygen atoms in total. The van der Waals surface area contributed by atoms with Gasteiger partial charge in [0.05, 0.1) is 9.77 Å². The zero-order valence-electron chi connectivity index (χ0n) is 14.9. The summed E-state index contributed by atoms with van der Waals surface area (Å²) in [6, 6.07) is 11.5.